The molecule has 57 heavy (non-hydrogen) atoms. The van der Waals surface area contributed by atoms with Gasteiger partial charge in [0.2, 0.25) is 27.8 Å². The van der Waals surface area contributed by atoms with Gasteiger partial charge in [0, 0.05) is 64.0 Å². The minimum absolute atomic E-state index is 0.0310. The van der Waals surface area contributed by atoms with E-state index in [2.05, 4.69) is 42.5 Å². The zero-order valence-corrected chi connectivity index (χ0v) is 34.4. The normalized spacial score (nSPS) is 15.8. The van der Waals surface area contributed by atoms with Crippen LogP contribution >= 0.6 is 11.3 Å². The number of carbonyl (C=O) groups is 3. The molecule has 0 bridgehead atoms. The molecule has 4 aromatic rings. The summed E-state index contributed by atoms with van der Waals surface area (Å²) in [5.41, 5.74) is 3.70. The lowest BCUT2D eigenvalue weighted by Gasteiger charge is -2.28. The first-order valence-electron chi connectivity index (χ1n) is 19.1. The van der Waals surface area contributed by atoms with Crippen molar-refractivity contribution in [3.63, 3.8) is 0 Å². The SMILES string of the molecule is C=C1NC(=O)CCCC1N1Cc2c(csc2CNC(=O)CCCCCOc2ccc(Nc3ncc(C)c(Nc4cccc(S(=O)(=O)NC(C)(C)C)c4)n3)cc2)C1=O. The molecule has 0 radical (unpaired) electrons. The number of thiophene rings is 1. The highest BCUT2D eigenvalue weighted by Gasteiger charge is 2.37. The molecule has 14 nitrogen and oxygen atoms in total. The Hall–Kier alpha value is -5.32. The molecule has 4 heterocycles. The van der Waals surface area contributed by atoms with E-state index < -0.39 is 15.6 Å². The van der Waals surface area contributed by atoms with Crippen molar-refractivity contribution < 1.29 is 27.5 Å². The summed E-state index contributed by atoms with van der Waals surface area (Å²) in [5, 5.41) is 14.1. The van der Waals surface area contributed by atoms with Crippen LogP contribution in [0.25, 0.3) is 0 Å². The first-order chi connectivity index (χ1) is 27.1. The number of rotatable bonds is 16. The van der Waals surface area contributed by atoms with Crippen molar-refractivity contribution >= 4 is 62.2 Å². The van der Waals surface area contributed by atoms with E-state index in [-0.39, 0.29) is 28.7 Å². The van der Waals surface area contributed by atoms with Crippen LogP contribution in [0.15, 0.2) is 77.3 Å². The summed E-state index contributed by atoms with van der Waals surface area (Å²) in [4.78, 5) is 49.6. The zero-order chi connectivity index (χ0) is 40.7. The smallest absolute Gasteiger partial charge is 0.255 e. The molecule has 2 aromatic heterocycles. The monoisotopic (exact) mass is 814 g/mol. The average molecular weight is 815 g/mol. The van der Waals surface area contributed by atoms with E-state index in [4.69, 9.17) is 4.74 Å². The maximum Gasteiger partial charge on any atom is 0.255 e. The number of aryl methyl sites for hydroxylation is 1. The Morgan fingerprint density at radius 3 is 2.63 bits per heavy atom. The molecular formula is C41H50N8O6S2. The van der Waals surface area contributed by atoms with Crippen molar-refractivity contribution in [3.05, 3.63) is 94.0 Å². The van der Waals surface area contributed by atoms with Gasteiger partial charge in [-0.15, -0.1) is 11.3 Å². The number of nitrogens with one attached hydrogen (secondary N) is 5. The number of aromatic nitrogens is 2. The molecule has 0 saturated carbocycles. The lowest BCUT2D eigenvalue weighted by Crippen LogP contribution is -2.40. The number of anilines is 4. The van der Waals surface area contributed by atoms with E-state index in [1.54, 1.807) is 56.1 Å². The van der Waals surface area contributed by atoms with Crippen molar-refractivity contribution in [2.45, 2.75) is 102 Å². The Kier molecular flexibility index (Phi) is 12.9. The van der Waals surface area contributed by atoms with Gasteiger partial charge in [-0.3, -0.25) is 14.4 Å². The fraction of sp³-hybridized carbons (Fsp3) is 0.390. The predicted molar refractivity (Wildman–Crippen MR) is 221 cm³/mol. The van der Waals surface area contributed by atoms with Crippen LogP contribution in [0.4, 0.5) is 23.1 Å². The van der Waals surface area contributed by atoms with Gasteiger partial charge in [0.1, 0.15) is 11.6 Å². The number of unbranched alkanes of at least 4 members (excludes halogenated alkanes) is 2. The maximum absolute atomic E-state index is 13.2. The summed E-state index contributed by atoms with van der Waals surface area (Å²) in [6.07, 6.45) is 6.28. The molecule has 302 valence electrons. The second-order valence-electron chi connectivity index (χ2n) is 15.3. The minimum atomic E-state index is -3.70. The zero-order valence-electron chi connectivity index (χ0n) is 32.7. The molecule has 2 aliphatic heterocycles. The van der Waals surface area contributed by atoms with Crippen LogP contribution in [0.5, 0.6) is 5.75 Å². The minimum Gasteiger partial charge on any atom is -0.494 e. The number of hydrogen-bond acceptors (Lipinski definition) is 11. The van der Waals surface area contributed by atoms with E-state index in [9.17, 15) is 22.8 Å². The third-order valence-corrected chi connectivity index (χ3v) is 12.2. The highest BCUT2D eigenvalue weighted by atomic mass is 32.2. The lowest BCUT2D eigenvalue weighted by molar-refractivity contribution is -0.121. The topological polar surface area (TPSA) is 184 Å². The molecule has 3 amide bonds. The fourth-order valence-corrected chi connectivity index (χ4v) is 9.06. The number of ether oxygens (including phenoxy) is 1. The summed E-state index contributed by atoms with van der Waals surface area (Å²) in [5.74, 6) is 1.48. The van der Waals surface area contributed by atoms with Gasteiger partial charge in [0.15, 0.2) is 0 Å². The fourth-order valence-electron chi connectivity index (χ4n) is 6.63. The Morgan fingerprint density at radius 1 is 1.07 bits per heavy atom. The van der Waals surface area contributed by atoms with Crippen molar-refractivity contribution in [1.29, 1.82) is 0 Å². The molecule has 1 atom stereocenters. The van der Waals surface area contributed by atoms with E-state index in [1.165, 1.54) is 11.3 Å². The van der Waals surface area contributed by atoms with Crippen LogP contribution in [0.2, 0.25) is 0 Å². The maximum atomic E-state index is 13.2. The summed E-state index contributed by atoms with van der Waals surface area (Å²) in [6, 6.07) is 13.8. The van der Waals surface area contributed by atoms with E-state index in [0.29, 0.717) is 74.1 Å². The predicted octanol–water partition coefficient (Wildman–Crippen LogP) is 6.80. The third kappa shape index (κ3) is 11.0. The highest BCUT2D eigenvalue weighted by molar-refractivity contribution is 7.89. The quantitative estimate of drug-likeness (QED) is 0.0754. The highest BCUT2D eigenvalue weighted by Crippen LogP contribution is 2.35. The van der Waals surface area contributed by atoms with Crippen LogP contribution < -0.4 is 30.7 Å². The largest absolute Gasteiger partial charge is 0.494 e. The molecule has 5 N–H and O–H groups in total. The van der Waals surface area contributed by atoms with Crippen LogP contribution in [0, 0.1) is 6.92 Å². The van der Waals surface area contributed by atoms with Crippen LogP contribution in [0.1, 0.15) is 92.1 Å². The number of nitrogens with zero attached hydrogens (tertiary/aromatic N) is 3. The number of hydrogen-bond donors (Lipinski definition) is 5. The van der Waals surface area contributed by atoms with Gasteiger partial charge in [-0.1, -0.05) is 12.6 Å². The number of benzene rings is 2. The van der Waals surface area contributed by atoms with Gasteiger partial charge in [0.05, 0.1) is 29.7 Å². The molecule has 2 aliphatic rings. The average Bonchev–Trinajstić information content (AvgIpc) is 3.65. The lowest BCUT2D eigenvalue weighted by atomic mass is 10.1. The Labute approximate surface area is 338 Å². The first-order valence-corrected chi connectivity index (χ1v) is 21.4. The van der Waals surface area contributed by atoms with Gasteiger partial charge < -0.3 is 30.9 Å². The van der Waals surface area contributed by atoms with Gasteiger partial charge in [-0.05, 0) is 108 Å². The standard InChI is InChI=1S/C41H50N8O6S2/c1-26-22-43-40(47-38(26)45-29-11-9-12-31(21-29)57(53,54)48-41(3,4)5)46-28-16-18-30(19-17-28)55-20-8-6-7-14-36(50)42-23-35-32-24-49(39(52)33(32)25-56-35)34-13-10-15-37(51)44-27(34)2/h9,11-12,16-19,21-22,25,34,48H,2,6-8,10,13-15,20,23-24H2,1,3-5H3,(H,42,50)(H,44,51)(H2,43,45,46,47). The molecule has 6 rings (SSSR count). The molecule has 1 fully saturated rings. The van der Waals surface area contributed by atoms with Crippen LogP contribution in [-0.4, -0.2) is 59.2 Å². The second kappa shape index (κ2) is 17.9. The van der Waals surface area contributed by atoms with Crippen LogP contribution in [-0.2, 0) is 32.7 Å². The number of amides is 3. The Morgan fingerprint density at radius 2 is 1.86 bits per heavy atom. The third-order valence-electron chi connectivity index (χ3n) is 9.45. The Balaban J connectivity index is 0.898. The summed E-state index contributed by atoms with van der Waals surface area (Å²) in [6.45, 7) is 12.6. The first kappa shape index (κ1) is 41.3. The summed E-state index contributed by atoms with van der Waals surface area (Å²) in [7, 11) is -3.70. The van der Waals surface area contributed by atoms with Gasteiger partial charge >= 0.3 is 0 Å². The van der Waals surface area contributed by atoms with Gasteiger partial charge in [-0.2, -0.15) is 4.98 Å². The van der Waals surface area contributed by atoms with E-state index >= 15 is 0 Å². The van der Waals surface area contributed by atoms with Gasteiger partial charge in [0.25, 0.3) is 5.91 Å². The number of carbonyl (C=O) groups excluding carboxylic acids is 3. The van der Waals surface area contributed by atoms with Crippen molar-refractivity contribution in [2.75, 3.05) is 17.2 Å². The van der Waals surface area contributed by atoms with Crippen molar-refractivity contribution in [1.82, 2.24) is 30.2 Å². The molecule has 2 aromatic carbocycles. The van der Waals surface area contributed by atoms with E-state index in [0.717, 1.165) is 46.7 Å². The van der Waals surface area contributed by atoms with Gasteiger partial charge in [-0.25, -0.2) is 18.1 Å². The molecule has 16 heteroatoms. The Bertz CT molecular complexity index is 2230. The van der Waals surface area contributed by atoms with Crippen molar-refractivity contribution in [2.24, 2.45) is 0 Å². The van der Waals surface area contributed by atoms with E-state index in [1.807, 2.05) is 36.6 Å². The molecule has 0 spiro atoms. The molecule has 0 aliphatic carbocycles. The van der Waals surface area contributed by atoms with Crippen molar-refractivity contribution in [3.8, 4) is 5.75 Å². The molecule has 1 unspecified atom stereocenters. The number of sulfonamides is 1. The summed E-state index contributed by atoms with van der Waals surface area (Å²) >= 11 is 1.49. The van der Waals surface area contributed by atoms with Crippen LogP contribution in [0.3, 0.4) is 0 Å². The number of fused-ring (bicyclic) bond motifs is 1. The molecular weight excluding hydrogens is 765 g/mol. The second-order valence-corrected chi connectivity index (χ2v) is 17.9. The molecule has 1 saturated heterocycles. The summed E-state index contributed by atoms with van der Waals surface area (Å²) < 4.78 is 34.3.